The minimum absolute atomic E-state index is 0.536. The molecule has 0 aliphatic heterocycles. The monoisotopic (exact) mass is 298 g/mol. The van der Waals surface area contributed by atoms with E-state index in [2.05, 4.69) is 9.97 Å². The molecule has 1 aromatic carbocycles. The van der Waals surface area contributed by atoms with Gasteiger partial charge in [-0.1, -0.05) is 48.3 Å². The van der Waals surface area contributed by atoms with Crippen LogP contribution in [0, 0.1) is 0 Å². The van der Waals surface area contributed by atoms with E-state index in [0.717, 1.165) is 33.3 Å². The molecule has 0 spiro atoms. The third-order valence-corrected chi connectivity index (χ3v) is 4.30. The van der Waals surface area contributed by atoms with Crippen LogP contribution in [0.5, 0.6) is 0 Å². The molecule has 0 unspecified atom stereocenters. The van der Waals surface area contributed by atoms with Crippen LogP contribution in [-0.2, 0) is 12.2 Å². The van der Waals surface area contributed by atoms with Crippen LogP contribution in [0.15, 0.2) is 35.6 Å². The molecule has 1 heterocycles. The summed E-state index contributed by atoms with van der Waals surface area (Å²) in [5.74, 6) is 0.778. The molecule has 0 saturated heterocycles. The predicted molar refractivity (Wildman–Crippen MR) is 77.4 cm³/mol. The summed E-state index contributed by atoms with van der Waals surface area (Å²) < 4.78 is 0. The number of hydrogen-bond donors (Lipinski definition) is 0. The van der Waals surface area contributed by atoms with E-state index in [4.69, 9.17) is 23.2 Å². The maximum Gasteiger partial charge on any atom is 0.136 e. The summed E-state index contributed by atoms with van der Waals surface area (Å²) in [7, 11) is 0. The highest BCUT2D eigenvalue weighted by atomic mass is 35.5. The molecule has 0 N–H and O–H groups in total. The van der Waals surface area contributed by atoms with Crippen molar-refractivity contribution in [2.45, 2.75) is 24.1 Å². The molecule has 2 aromatic rings. The van der Waals surface area contributed by atoms with Crippen LogP contribution in [0.2, 0.25) is 10.2 Å². The molecule has 0 aliphatic carbocycles. The average molecular weight is 299 g/mol. The third-order valence-electron chi connectivity index (χ3n) is 2.53. The van der Waals surface area contributed by atoms with Gasteiger partial charge in [-0.2, -0.15) is 0 Å². The minimum Gasteiger partial charge on any atom is -0.230 e. The lowest BCUT2D eigenvalue weighted by atomic mass is 10.2. The molecule has 0 bridgehead atoms. The maximum absolute atomic E-state index is 6.12. The van der Waals surface area contributed by atoms with Crippen molar-refractivity contribution in [2.75, 3.05) is 0 Å². The van der Waals surface area contributed by atoms with Gasteiger partial charge in [0.1, 0.15) is 16.5 Å². The Balaban J connectivity index is 2.16. The van der Waals surface area contributed by atoms with Gasteiger partial charge in [-0.15, -0.1) is 11.8 Å². The Labute approximate surface area is 121 Å². The fourth-order valence-corrected chi connectivity index (χ4v) is 3.24. The zero-order valence-corrected chi connectivity index (χ0v) is 12.2. The molecule has 0 fully saturated rings. The number of benzene rings is 1. The Morgan fingerprint density at radius 1 is 1.17 bits per heavy atom. The molecule has 94 valence electrons. The highest BCUT2D eigenvalue weighted by molar-refractivity contribution is 7.98. The van der Waals surface area contributed by atoms with Crippen LogP contribution in [0.3, 0.4) is 0 Å². The molecular weight excluding hydrogens is 287 g/mol. The van der Waals surface area contributed by atoms with Crippen LogP contribution in [0.4, 0.5) is 0 Å². The Morgan fingerprint density at radius 3 is 2.67 bits per heavy atom. The smallest absolute Gasteiger partial charge is 0.136 e. The zero-order valence-electron chi connectivity index (χ0n) is 9.86. The number of thioether (sulfide) groups is 1. The highest BCUT2D eigenvalue weighted by Gasteiger charge is 2.09. The Morgan fingerprint density at radius 2 is 1.94 bits per heavy atom. The quantitative estimate of drug-likeness (QED) is 0.607. The standard InChI is InChI=1S/C13H12Cl2N2S/c1-2-10-12(15)16-8-17-13(10)18-7-9-5-3-4-6-11(9)14/h3-6,8H,2,7H2,1H3. The van der Waals surface area contributed by atoms with Crippen molar-refractivity contribution in [1.29, 1.82) is 0 Å². The molecule has 0 atom stereocenters. The molecule has 2 rings (SSSR count). The molecule has 0 amide bonds. The Kier molecular flexibility index (Phi) is 4.87. The maximum atomic E-state index is 6.12. The molecule has 0 saturated carbocycles. The number of nitrogens with zero attached hydrogens (tertiary/aromatic N) is 2. The van der Waals surface area contributed by atoms with Gasteiger partial charge in [0, 0.05) is 16.3 Å². The second-order valence-electron chi connectivity index (χ2n) is 3.68. The summed E-state index contributed by atoms with van der Waals surface area (Å²) in [6.45, 7) is 2.05. The predicted octanol–water partition coefficient (Wildman–Crippen LogP) is 4.64. The van der Waals surface area contributed by atoms with Gasteiger partial charge in [-0.25, -0.2) is 9.97 Å². The average Bonchev–Trinajstić information content (AvgIpc) is 2.38. The third kappa shape index (κ3) is 3.16. The van der Waals surface area contributed by atoms with Crippen LogP contribution in [0.25, 0.3) is 0 Å². The number of aromatic nitrogens is 2. The second kappa shape index (κ2) is 6.41. The van der Waals surface area contributed by atoms with Crippen molar-refractivity contribution in [3.05, 3.63) is 51.9 Å². The van der Waals surface area contributed by atoms with Crippen molar-refractivity contribution in [3.8, 4) is 0 Å². The fraction of sp³-hybridized carbons (Fsp3) is 0.231. The normalized spacial score (nSPS) is 10.6. The summed E-state index contributed by atoms with van der Waals surface area (Å²) >= 11 is 13.8. The highest BCUT2D eigenvalue weighted by Crippen LogP contribution is 2.29. The van der Waals surface area contributed by atoms with Crippen LogP contribution in [0.1, 0.15) is 18.1 Å². The van der Waals surface area contributed by atoms with Gasteiger partial charge < -0.3 is 0 Å². The van der Waals surface area contributed by atoms with Gasteiger partial charge >= 0.3 is 0 Å². The van der Waals surface area contributed by atoms with E-state index in [0.29, 0.717) is 5.15 Å². The summed E-state index contributed by atoms with van der Waals surface area (Å²) in [4.78, 5) is 8.28. The van der Waals surface area contributed by atoms with Crippen molar-refractivity contribution in [3.63, 3.8) is 0 Å². The van der Waals surface area contributed by atoms with Crippen molar-refractivity contribution < 1.29 is 0 Å². The fourth-order valence-electron chi connectivity index (χ4n) is 1.56. The van der Waals surface area contributed by atoms with Gasteiger partial charge in [0.15, 0.2) is 0 Å². The molecule has 2 nitrogen and oxygen atoms in total. The summed E-state index contributed by atoms with van der Waals surface area (Å²) in [6.07, 6.45) is 2.32. The lowest BCUT2D eigenvalue weighted by Gasteiger charge is -2.08. The second-order valence-corrected chi connectivity index (χ2v) is 5.41. The summed E-state index contributed by atoms with van der Waals surface area (Å²) in [6, 6.07) is 7.82. The lowest BCUT2D eigenvalue weighted by molar-refractivity contribution is 0.944. The molecule has 0 aliphatic rings. The van der Waals surface area contributed by atoms with Gasteiger partial charge in [0.05, 0.1) is 0 Å². The van der Waals surface area contributed by atoms with E-state index in [1.165, 1.54) is 6.33 Å². The van der Waals surface area contributed by atoms with E-state index < -0.39 is 0 Å². The first-order chi connectivity index (χ1) is 8.72. The topological polar surface area (TPSA) is 25.8 Å². The van der Waals surface area contributed by atoms with Gasteiger partial charge in [0.2, 0.25) is 0 Å². The molecule has 18 heavy (non-hydrogen) atoms. The lowest BCUT2D eigenvalue weighted by Crippen LogP contribution is -1.94. The van der Waals surface area contributed by atoms with Crippen molar-refractivity contribution >= 4 is 35.0 Å². The SMILES string of the molecule is CCc1c(Cl)ncnc1SCc1ccccc1Cl. The van der Waals surface area contributed by atoms with Gasteiger partial charge in [-0.3, -0.25) is 0 Å². The van der Waals surface area contributed by atoms with Crippen LogP contribution in [-0.4, -0.2) is 9.97 Å². The zero-order chi connectivity index (χ0) is 13.0. The van der Waals surface area contributed by atoms with E-state index in [-0.39, 0.29) is 0 Å². The first-order valence-corrected chi connectivity index (χ1v) is 7.32. The Hall–Kier alpha value is -0.770. The first kappa shape index (κ1) is 13.7. The molecular formula is C13H12Cl2N2S. The number of rotatable bonds is 4. The van der Waals surface area contributed by atoms with Crippen molar-refractivity contribution in [2.24, 2.45) is 0 Å². The number of halogens is 2. The summed E-state index contributed by atoms with van der Waals surface area (Å²) in [5, 5.41) is 2.25. The Bertz CT molecular complexity index is 546. The number of hydrogen-bond acceptors (Lipinski definition) is 3. The van der Waals surface area contributed by atoms with E-state index in [1.54, 1.807) is 11.8 Å². The molecule has 0 radical (unpaired) electrons. The summed E-state index contributed by atoms with van der Waals surface area (Å²) in [5.41, 5.74) is 2.09. The largest absolute Gasteiger partial charge is 0.230 e. The minimum atomic E-state index is 0.536. The van der Waals surface area contributed by atoms with Crippen LogP contribution >= 0.6 is 35.0 Å². The van der Waals surface area contributed by atoms with Crippen molar-refractivity contribution in [1.82, 2.24) is 9.97 Å². The van der Waals surface area contributed by atoms with E-state index in [1.807, 2.05) is 31.2 Å². The van der Waals surface area contributed by atoms with E-state index >= 15 is 0 Å². The van der Waals surface area contributed by atoms with Crippen LogP contribution < -0.4 is 0 Å². The molecule has 5 heteroatoms. The van der Waals surface area contributed by atoms with E-state index in [9.17, 15) is 0 Å². The molecule has 1 aromatic heterocycles. The van der Waals surface area contributed by atoms with Gasteiger partial charge in [-0.05, 0) is 18.1 Å². The first-order valence-electron chi connectivity index (χ1n) is 5.58. The van der Waals surface area contributed by atoms with Gasteiger partial charge in [0.25, 0.3) is 0 Å².